The average molecular weight is 275 g/mol. The van der Waals surface area contributed by atoms with Crippen LogP contribution in [0.25, 0.3) is 0 Å². The Balaban J connectivity index is 1.87. The van der Waals surface area contributed by atoms with Crippen molar-refractivity contribution in [2.24, 2.45) is 5.14 Å². The molecule has 2 rings (SSSR count). The summed E-state index contributed by atoms with van der Waals surface area (Å²) in [4.78, 5) is 6.28. The number of aromatic nitrogens is 2. The van der Waals surface area contributed by atoms with Crippen LogP contribution in [0.15, 0.2) is 4.52 Å². The van der Waals surface area contributed by atoms with E-state index in [0.29, 0.717) is 44.4 Å². The predicted molar refractivity (Wildman–Crippen MR) is 63.6 cm³/mol. The van der Waals surface area contributed by atoms with E-state index in [1.807, 2.05) is 6.92 Å². The van der Waals surface area contributed by atoms with E-state index in [0.717, 1.165) is 6.42 Å². The first-order valence-corrected chi connectivity index (χ1v) is 7.31. The van der Waals surface area contributed by atoms with Crippen LogP contribution in [0, 0.1) is 0 Å². The third kappa shape index (κ3) is 3.25. The normalized spacial score (nSPS) is 19.2. The van der Waals surface area contributed by atoms with E-state index in [1.54, 1.807) is 0 Å². The highest BCUT2D eigenvalue weighted by atomic mass is 32.2. The molecule has 2 heterocycles. The monoisotopic (exact) mass is 275 g/mol. The third-order valence-corrected chi connectivity index (χ3v) is 3.96. The second-order valence-electron chi connectivity index (χ2n) is 4.18. The van der Waals surface area contributed by atoms with Gasteiger partial charge in [-0.05, 0) is 0 Å². The molecule has 0 amide bonds. The molecule has 18 heavy (non-hydrogen) atoms. The maximum Gasteiger partial charge on any atom is 0.276 e. The summed E-state index contributed by atoms with van der Waals surface area (Å²) in [5, 5.41) is 8.88. The number of nitrogens with zero attached hydrogens (tertiary/aromatic N) is 4. The molecule has 0 atom stereocenters. The number of nitrogens with two attached hydrogens (primary N) is 1. The summed E-state index contributed by atoms with van der Waals surface area (Å²) in [5.41, 5.74) is 0. The summed E-state index contributed by atoms with van der Waals surface area (Å²) in [5.74, 6) is 1.25. The van der Waals surface area contributed by atoms with Gasteiger partial charge in [0.2, 0.25) is 5.89 Å². The lowest BCUT2D eigenvalue weighted by molar-refractivity contribution is 0.163. The van der Waals surface area contributed by atoms with Gasteiger partial charge >= 0.3 is 0 Å². The summed E-state index contributed by atoms with van der Waals surface area (Å²) >= 11 is 0. The van der Waals surface area contributed by atoms with Crippen molar-refractivity contribution in [1.29, 1.82) is 0 Å². The zero-order valence-electron chi connectivity index (χ0n) is 10.2. The van der Waals surface area contributed by atoms with Crippen LogP contribution in [0.3, 0.4) is 0 Å². The van der Waals surface area contributed by atoms with Crippen molar-refractivity contribution in [2.75, 3.05) is 26.2 Å². The van der Waals surface area contributed by atoms with Crippen molar-refractivity contribution in [3.05, 3.63) is 11.7 Å². The maximum atomic E-state index is 11.1. The van der Waals surface area contributed by atoms with Crippen molar-refractivity contribution >= 4 is 10.2 Å². The van der Waals surface area contributed by atoms with Crippen molar-refractivity contribution in [3.63, 3.8) is 0 Å². The minimum absolute atomic E-state index is 0.396. The second-order valence-corrected chi connectivity index (χ2v) is 5.72. The highest BCUT2D eigenvalue weighted by Gasteiger charge is 2.24. The number of hydrogen-bond donors (Lipinski definition) is 1. The van der Waals surface area contributed by atoms with E-state index in [2.05, 4.69) is 15.0 Å². The molecule has 8 nitrogen and oxygen atoms in total. The summed E-state index contributed by atoms with van der Waals surface area (Å²) in [6.45, 7) is 4.52. The van der Waals surface area contributed by atoms with Crippen LogP contribution in [0.5, 0.6) is 0 Å². The van der Waals surface area contributed by atoms with Gasteiger partial charge in [-0.2, -0.15) is 17.7 Å². The highest BCUT2D eigenvalue weighted by Crippen LogP contribution is 2.08. The molecule has 0 saturated carbocycles. The molecular weight excluding hydrogens is 258 g/mol. The van der Waals surface area contributed by atoms with Gasteiger partial charge in [0, 0.05) is 32.6 Å². The van der Waals surface area contributed by atoms with Gasteiger partial charge < -0.3 is 4.52 Å². The van der Waals surface area contributed by atoms with Crippen molar-refractivity contribution in [1.82, 2.24) is 19.3 Å². The standard InChI is InChI=1S/C9H17N5O3S/c1-2-8-11-9(17-12-8)7-13-3-5-14(6-4-13)18(10,15)16/h2-7H2,1H3,(H2,10,15,16). The quantitative estimate of drug-likeness (QED) is 0.752. The average Bonchev–Trinajstić information content (AvgIpc) is 2.76. The number of rotatable bonds is 4. The maximum absolute atomic E-state index is 11.1. The van der Waals surface area contributed by atoms with Crippen LogP contribution in [0.4, 0.5) is 0 Å². The van der Waals surface area contributed by atoms with Gasteiger partial charge in [-0.1, -0.05) is 12.1 Å². The van der Waals surface area contributed by atoms with Crippen molar-refractivity contribution in [2.45, 2.75) is 19.9 Å². The summed E-state index contributed by atoms with van der Waals surface area (Å²) < 4.78 is 28.6. The molecule has 0 aliphatic carbocycles. The number of hydrogen-bond acceptors (Lipinski definition) is 6. The Morgan fingerprint density at radius 3 is 2.50 bits per heavy atom. The van der Waals surface area contributed by atoms with Gasteiger partial charge in [0.1, 0.15) is 0 Å². The molecule has 0 aromatic carbocycles. The lowest BCUT2D eigenvalue weighted by Crippen LogP contribution is -2.50. The second kappa shape index (κ2) is 5.31. The molecule has 0 spiro atoms. The Labute approximate surface area is 106 Å². The number of aryl methyl sites for hydroxylation is 1. The lowest BCUT2D eigenvalue weighted by atomic mass is 10.3. The molecule has 9 heteroatoms. The minimum Gasteiger partial charge on any atom is -0.338 e. The zero-order valence-corrected chi connectivity index (χ0v) is 11.1. The molecular formula is C9H17N5O3S. The molecule has 1 fully saturated rings. The molecule has 1 aromatic heterocycles. The first-order valence-electron chi connectivity index (χ1n) is 5.80. The smallest absolute Gasteiger partial charge is 0.276 e. The van der Waals surface area contributed by atoms with E-state index in [9.17, 15) is 8.42 Å². The van der Waals surface area contributed by atoms with E-state index >= 15 is 0 Å². The third-order valence-electron chi connectivity index (χ3n) is 2.88. The van der Waals surface area contributed by atoms with Gasteiger partial charge in [0.25, 0.3) is 10.2 Å². The van der Waals surface area contributed by atoms with E-state index in [-0.39, 0.29) is 0 Å². The van der Waals surface area contributed by atoms with Gasteiger partial charge in [-0.3, -0.25) is 4.90 Å². The van der Waals surface area contributed by atoms with Gasteiger partial charge in [0.15, 0.2) is 5.82 Å². The fraction of sp³-hybridized carbons (Fsp3) is 0.778. The van der Waals surface area contributed by atoms with E-state index < -0.39 is 10.2 Å². The Bertz CT molecular complexity index is 492. The lowest BCUT2D eigenvalue weighted by Gasteiger charge is -2.31. The van der Waals surface area contributed by atoms with Crippen LogP contribution in [0.2, 0.25) is 0 Å². The van der Waals surface area contributed by atoms with Crippen molar-refractivity contribution < 1.29 is 12.9 Å². The summed E-state index contributed by atoms with van der Waals surface area (Å²) in [7, 11) is -3.57. The SMILES string of the molecule is CCc1noc(CN2CCN(S(N)(=O)=O)CC2)n1. The van der Waals surface area contributed by atoms with Gasteiger partial charge in [-0.15, -0.1) is 0 Å². The van der Waals surface area contributed by atoms with Gasteiger partial charge in [-0.25, -0.2) is 5.14 Å². The molecule has 1 saturated heterocycles. The molecule has 2 N–H and O–H groups in total. The van der Waals surface area contributed by atoms with Crippen LogP contribution in [0.1, 0.15) is 18.6 Å². The fourth-order valence-electron chi connectivity index (χ4n) is 1.83. The Kier molecular flexibility index (Phi) is 3.95. The first kappa shape index (κ1) is 13.4. The molecule has 0 unspecified atom stereocenters. The predicted octanol–water partition coefficient (Wildman–Crippen LogP) is -1.05. The summed E-state index contributed by atoms with van der Waals surface area (Å²) in [6, 6.07) is 0. The first-order chi connectivity index (χ1) is 8.49. The molecule has 1 aliphatic heterocycles. The largest absolute Gasteiger partial charge is 0.338 e. The molecule has 102 valence electrons. The minimum atomic E-state index is -3.57. The van der Waals surface area contributed by atoms with Gasteiger partial charge in [0.05, 0.1) is 6.54 Å². The zero-order chi connectivity index (χ0) is 13.2. The van der Waals surface area contributed by atoms with Crippen LogP contribution in [-0.4, -0.2) is 53.9 Å². The Morgan fingerprint density at radius 1 is 1.33 bits per heavy atom. The van der Waals surface area contributed by atoms with E-state index in [1.165, 1.54) is 4.31 Å². The molecule has 1 aromatic rings. The summed E-state index contributed by atoms with van der Waals surface area (Å²) in [6.07, 6.45) is 0.739. The van der Waals surface area contributed by atoms with Crippen LogP contribution >= 0.6 is 0 Å². The van der Waals surface area contributed by atoms with E-state index in [4.69, 9.17) is 9.66 Å². The Morgan fingerprint density at radius 2 is 2.00 bits per heavy atom. The number of piperazine rings is 1. The molecule has 0 radical (unpaired) electrons. The van der Waals surface area contributed by atoms with Crippen molar-refractivity contribution in [3.8, 4) is 0 Å². The Hall–Kier alpha value is -1.03. The fourth-order valence-corrected chi connectivity index (χ4v) is 2.50. The molecule has 1 aliphatic rings. The molecule has 0 bridgehead atoms. The topological polar surface area (TPSA) is 106 Å². The van der Waals surface area contributed by atoms with Crippen LogP contribution in [-0.2, 0) is 23.2 Å². The highest BCUT2D eigenvalue weighted by molar-refractivity contribution is 7.86. The van der Waals surface area contributed by atoms with Crippen LogP contribution < -0.4 is 5.14 Å².